The van der Waals surface area contributed by atoms with Gasteiger partial charge in [0.2, 0.25) is 0 Å². The van der Waals surface area contributed by atoms with Crippen LogP contribution in [0.3, 0.4) is 0 Å². The molecule has 0 atom stereocenters. The van der Waals surface area contributed by atoms with Crippen LogP contribution < -0.4 is 5.32 Å². The lowest BCUT2D eigenvalue weighted by Gasteiger charge is -2.07. The average Bonchev–Trinajstić information content (AvgIpc) is 2.94. The summed E-state index contributed by atoms with van der Waals surface area (Å²) in [5.74, 6) is 0.869. The van der Waals surface area contributed by atoms with Gasteiger partial charge in [0.1, 0.15) is 10.8 Å². The molecular formula is C15H17N3S2. The van der Waals surface area contributed by atoms with Crippen molar-refractivity contribution in [3.63, 3.8) is 0 Å². The molecule has 0 radical (unpaired) electrons. The molecule has 0 unspecified atom stereocenters. The minimum atomic E-state index is 0.806. The van der Waals surface area contributed by atoms with Crippen LogP contribution in [0.15, 0.2) is 39.3 Å². The first-order valence-electron chi connectivity index (χ1n) is 6.69. The fourth-order valence-electron chi connectivity index (χ4n) is 2.41. The van der Waals surface area contributed by atoms with E-state index in [0.717, 1.165) is 16.0 Å². The maximum atomic E-state index is 4.56. The van der Waals surface area contributed by atoms with Crippen LogP contribution in [-0.4, -0.2) is 23.3 Å². The molecule has 1 aromatic heterocycles. The Hall–Kier alpha value is -1.20. The number of thioether (sulfide) groups is 1. The molecule has 2 aromatic rings. The molecule has 1 aliphatic carbocycles. The van der Waals surface area contributed by atoms with Gasteiger partial charge >= 0.3 is 0 Å². The van der Waals surface area contributed by atoms with E-state index in [4.69, 9.17) is 0 Å². The van der Waals surface area contributed by atoms with Crippen LogP contribution >= 0.6 is 23.5 Å². The van der Waals surface area contributed by atoms with Gasteiger partial charge < -0.3 is 5.32 Å². The molecule has 3 rings (SSSR count). The molecule has 1 aromatic carbocycles. The molecule has 0 bridgehead atoms. The molecular weight excluding hydrogens is 286 g/mol. The third-order valence-corrected chi connectivity index (χ3v) is 4.87. The van der Waals surface area contributed by atoms with Crippen molar-refractivity contribution < 1.29 is 0 Å². The van der Waals surface area contributed by atoms with Crippen LogP contribution in [0.2, 0.25) is 0 Å². The van der Waals surface area contributed by atoms with E-state index in [1.165, 1.54) is 35.3 Å². The maximum Gasteiger partial charge on any atom is 0.190 e. The summed E-state index contributed by atoms with van der Waals surface area (Å²) in [4.78, 5) is 10.2. The summed E-state index contributed by atoms with van der Waals surface area (Å²) < 4.78 is 0. The number of aromatic nitrogens is 2. The van der Waals surface area contributed by atoms with Crippen molar-refractivity contribution >= 4 is 29.3 Å². The molecule has 3 nitrogen and oxygen atoms in total. The van der Waals surface area contributed by atoms with E-state index in [0.29, 0.717) is 0 Å². The summed E-state index contributed by atoms with van der Waals surface area (Å²) in [5, 5.41) is 4.89. The van der Waals surface area contributed by atoms with Gasteiger partial charge in [-0.05, 0) is 48.8 Å². The van der Waals surface area contributed by atoms with E-state index in [1.807, 2.05) is 19.4 Å². The van der Waals surface area contributed by atoms with E-state index < -0.39 is 0 Å². The van der Waals surface area contributed by atoms with Crippen molar-refractivity contribution in [3.8, 4) is 0 Å². The second kappa shape index (κ2) is 6.06. The smallest absolute Gasteiger partial charge is 0.190 e. The average molecular weight is 303 g/mol. The van der Waals surface area contributed by atoms with Gasteiger partial charge in [0, 0.05) is 18.0 Å². The molecule has 104 valence electrons. The van der Waals surface area contributed by atoms with E-state index >= 15 is 0 Å². The van der Waals surface area contributed by atoms with Gasteiger partial charge in [-0.25, -0.2) is 9.97 Å². The van der Waals surface area contributed by atoms with E-state index in [9.17, 15) is 0 Å². The van der Waals surface area contributed by atoms with Gasteiger partial charge in [-0.3, -0.25) is 0 Å². The van der Waals surface area contributed by atoms with Crippen molar-refractivity contribution in [2.24, 2.45) is 0 Å². The van der Waals surface area contributed by atoms with Crippen molar-refractivity contribution in [1.82, 2.24) is 9.97 Å². The molecule has 0 spiro atoms. The monoisotopic (exact) mass is 303 g/mol. The summed E-state index contributed by atoms with van der Waals surface area (Å²) in [6.07, 6.45) is 5.73. The summed E-state index contributed by atoms with van der Waals surface area (Å²) in [7, 11) is 1.89. The largest absolute Gasteiger partial charge is 0.373 e. The highest BCUT2D eigenvalue weighted by Gasteiger charge is 2.12. The Labute approximate surface area is 128 Å². The van der Waals surface area contributed by atoms with Crippen LogP contribution in [0.5, 0.6) is 0 Å². The topological polar surface area (TPSA) is 37.8 Å². The quantitative estimate of drug-likeness (QED) is 0.527. The number of nitrogens with zero attached hydrogens (tertiary/aromatic N) is 2. The SMILES string of the molecule is CNc1cc(Sc2ccc3c(c2)CCC3)nc(SC)n1. The first-order chi connectivity index (χ1) is 9.78. The number of anilines is 1. The molecule has 1 heterocycles. The van der Waals surface area contributed by atoms with E-state index in [1.54, 1.807) is 23.5 Å². The van der Waals surface area contributed by atoms with Gasteiger partial charge in [-0.1, -0.05) is 29.6 Å². The van der Waals surface area contributed by atoms with Crippen LogP contribution in [0.1, 0.15) is 17.5 Å². The first-order valence-corrected chi connectivity index (χ1v) is 8.73. The normalized spacial score (nSPS) is 13.3. The predicted octanol–water partition coefficient (Wildman–Crippen LogP) is 3.88. The number of hydrogen-bond donors (Lipinski definition) is 1. The van der Waals surface area contributed by atoms with Crippen LogP contribution in [-0.2, 0) is 12.8 Å². The molecule has 20 heavy (non-hydrogen) atoms. The van der Waals surface area contributed by atoms with Crippen molar-refractivity contribution in [2.75, 3.05) is 18.6 Å². The molecule has 1 N–H and O–H groups in total. The van der Waals surface area contributed by atoms with Gasteiger partial charge in [0.05, 0.1) is 0 Å². The number of benzene rings is 1. The van der Waals surface area contributed by atoms with Crippen LogP contribution in [0, 0.1) is 0 Å². The Kier molecular flexibility index (Phi) is 4.17. The van der Waals surface area contributed by atoms with Crippen molar-refractivity contribution in [2.45, 2.75) is 34.3 Å². The summed E-state index contributed by atoms with van der Waals surface area (Å²) in [6, 6.07) is 8.78. The lowest BCUT2D eigenvalue weighted by Crippen LogP contribution is -1.96. The Morgan fingerprint density at radius 1 is 1.10 bits per heavy atom. The maximum absolute atomic E-state index is 4.56. The molecule has 1 aliphatic rings. The minimum Gasteiger partial charge on any atom is -0.373 e. The Balaban J connectivity index is 1.87. The predicted molar refractivity (Wildman–Crippen MR) is 85.9 cm³/mol. The summed E-state index contributed by atoms with van der Waals surface area (Å²) >= 11 is 3.28. The standard InChI is InChI=1S/C15H17N3S2/c1-16-13-9-14(18-15(17-13)19-2)20-12-7-6-10-4-3-5-11(10)8-12/h6-9H,3-5H2,1-2H3,(H,16,17,18). The molecule has 0 amide bonds. The van der Waals surface area contributed by atoms with Crippen LogP contribution in [0.4, 0.5) is 5.82 Å². The lowest BCUT2D eigenvalue weighted by atomic mass is 10.1. The molecule has 0 saturated carbocycles. The lowest BCUT2D eigenvalue weighted by molar-refractivity contribution is 0.897. The Morgan fingerprint density at radius 2 is 1.95 bits per heavy atom. The van der Waals surface area contributed by atoms with Gasteiger partial charge in [0.25, 0.3) is 0 Å². The molecule has 0 aliphatic heterocycles. The van der Waals surface area contributed by atoms with E-state index in [2.05, 4.69) is 33.5 Å². The number of nitrogens with one attached hydrogen (secondary N) is 1. The third-order valence-electron chi connectivity index (χ3n) is 3.41. The van der Waals surface area contributed by atoms with Crippen molar-refractivity contribution in [1.29, 1.82) is 0 Å². The van der Waals surface area contributed by atoms with Gasteiger partial charge in [-0.2, -0.15) is 0 Å². The zero-order chi connectivity index (χ0) is 13.9. The highest BCUT2D eigenvalue weighted by Crippen LogP contribution is 2.32. The minimum absolute atomic E-state index is 0.806. The number of hydrogen-bond acceptors (Lipinski definition) is 5. The second-order valence-corrected chi connectivity index (χ2v) is 6.58. The molecule has 5 heteroatoms. The fourth-order valence-corrected chi connectivity index (χ4v) is 3.73. The Bertz CT molecular complexity index is 606. The summed E-state index contributed by atoms with van der Waals surface area (Å²) in [6.45, 7) is 0. The summed E-state index contributed by atoms with van der Waals surface area (Å²) in [5.41, 5.74) is 3.01. The molecule has 0 fully saturated rings. The fraction of sp³-hybridized carbons (Fsp3) is 0.333. The zero-order valence-electron chi connectivity index (χ0n) is 11.6. The van der Waals surface area contributed by atoms with Crippen molar-refractivity contribution in [3.05, 3.63) is 35.4 Å². The molecule has 0 saturated heterocycles. The highest BCUT2D eigenvalue weighted by atomic mass is 32.2. The number of fused-ring (bicyclic) bond motifs is 1. The number of aryl methyl sites for hydroxylation is 2. The van der Waals surface area contributed by atoms with Gasteiger partial charge in [-0.15, -0.1) is 0 Å². The van der Waals surface area contributed by atoms with E-state index in [-0.39, 0.29) is 0 Å². The van der Waals surface area contributed by atoms with Crippen LogP contribution in [0.25, 0.3) is 0 Å². The zero-order valence-corrected chi connectivity index (χ0v) is 13.3. The number of rotatable bonds is 4. The Morgan fingerprint density at radius 3 is 2.75 bits per heavy atom. The van der Waals surface area contributed by atoms with Gasteiger partial charge in [0.15, 0.2) is 5.16 Å². The second-order valence-electron chi connectivity index (χ2n) is 4.71. The third kappa shape index (κ3) is 2.94. The first kappa shape index (κ1) is 13.8. The highest BCUT2D eigenvalue weighted by molar-refractivity contribution is 7.99.